The Hall–Kier alpha value is -3.74. The molecule has 152 valence electrons. The van der Waals surface area contributed by atoms with Gasteiger partial charge in [-0.3, -0.25) is 0 Å². The molecule has 0 fully saturated rings. The molecule has 1 aliphatic rings. The minimum Gasteiger partial charge on any atom is -0.497 e. The van der Waals surface area contributed by atoms with Gasteiger partial charge >= 0.3 is 5.63 Å². The third-order valence-electron chi connectivity index (χ3n) is 5.36. The third kappa shape index (κ3) is 2.99. The van der Waals surface area contributed by atoms with E-state index in [0.29, 0.717) is 18.9 Å². The van der Waals surface area contributed by atoms with E-state index >= 15 is 0 Å². The molecule has 0 aliphatic carbocycles. The first-order valence-electron chi connectivity index (χ1n) is 9.59. The van der Waals surface area contributed by atoms with Gasteiger partial charge in [-0.15, -0.1) is 0 Å². The summed E-state index contributed by atoms with van der Waals surface area (Å²) in [5, 5.41) is 4.95. The van der Waals surface area contributed by atoms with E-state index in [2.05, 4.69) is 5.16 Å². The maximum absolute atomic E-state index is 12.3. The van der Waals surface area contributed by atoms with Crippen molar-refractivity contribution in [2.24, 2.45) is 0 Å². The lowest BCUT2D eigenvalue weighted by Crippen LogP contribution is -2.32. The van der Waals surface area contributed by atoms with Crippen LogP contribution in [0, 0.1) is 13.8 Å². The van der Waals surface area contributed by atoms with E-state index in [-0.39, 0.29) is 0 Å². The standard InChI is InChI=1S/C23H20N2O5/c1-13-8-20(24-30-13)25-11-16-9-19-18(15-4-6-17(27-3)7-5-15)10-21(26)29-23(19)14(2)22(16)28-12-25/h4-10H,11-12H2,1-3H3. The Morgan fingerprint density at radius 2 is 1.90 bits per heavy atom. The van der Waals surface area contributed by atoms with E-state index in [1.165, 1.54) is 6.07 Å². The van der Waals surface area contributed by atoms with Gasteiger partial charge < -0.3 is 23.3 Å². The number of nitrogens with zero attached hydrogens (tertiary/aromatic N) is 2. The van der Waals surface area contributed by atoms with Crippen LogP contribution in [0.3, 0.4) is 0 Å². The van der Waals surface area contributed by atoms with Crippen molar-refractivity contribution in [3.63, 3.8) is 0 Å². The highest BCUT2D eigenvalue weighted by molar-refractivity contribution is 5.96. The predicted molar refractivity (Wildman–Crippen MR) is 112 cm³/mol. The number of rotatable bonds is 3. The Morgan fingerprint density at radius 1 is 1.10 bits per heavy atom. The molecule has 5 rings (SSSR count). The molecule has 0 radical (unpaired) electrons. The third-order valence-corrected chi connectivity index (χ3v) is 5.36. The van der Waals surface area contributed by atoms with E-state index in [1.54, 1.807) is 7.11 Å². The lowest BCUT2D eigenvalue weighted by atomic mass is 9.97. The monoisotopic (exact) mass is 404 g/mol. The molecule has 2 aromatic carbocycles. The highest BCUT2D eigenvalue weighted by atomic mass is 16.5. The predicted octanol–water partition coefficient (Wildman–Crippen LogP) is 4.43. The fourth-order valence-electron chi connectivity index (χ4n) is 3.88. The molecule has 3 heterocycles. The second kappa shape index (κ2) is 6.95. The second-order valence-electron chi connectivity index (χ2n) is 7.34. The summed E-state index contributed by atoms with van der Waals surface area (Å²) in [6, 6.07) is 13.0. The van der Waals surface area contributed by atoms with Crippen LogP contribution in [0.5, 0.6) is 11.5 Å². The minimum absolute atomic E-state index is 0.341. The second-order valence-corrected chi connectivity index (χ2v) is 7.34. The summed E-state index contributed by atoms with van der Waals surface area (Å²) in [4.78, 5) is 14.3. The fraction of sp³-hybridized carbons (Fsp3) is 0.217. The van der Waals surface area contributed by atoms with Crippen LogP contribution in [0.4, 0.5) is 5.82 Å². The zero-order chi connectivity index (χ0) is 20.8. The Kier molecular flexibility index (Phi) is 4.24. The number of hydrogen-bond acceptors (Lipinski definition) is 7. The molecule has 0 saturated carbocycles. The summed E-state index contributed by atoms with van der Waals surface area (Å²) in [7, 11) is 1.62. The molecule has 0 atom stereocenters. The number of benzene rings is 2. The Labute approximate surface area is 172 Å². The van der Waals surface area contributed by atoms with Crippen LogP contribution < -0.4 is 20.0 Å². The number of fused-ring (bicyclic) bond motifs is 2. The van der Waals surface area contributed by atoms with Crippen molar-refractivity contribution in [3.8, 4) is 22.6 Å². The molecular weight excluding hydrogens is 384 g/mol. The molecule has 0 spiro atoms. The molecule has 0 N–H and O–H groups in total. The lowest BCUT2D eigenvalue weighted by Gasteiger charge is -2.30. The average Bonchev–Trinajstić information content (AvgIpc) is 3.20. The van der Waals surface area contributed by atoms with Crippen molar-refractivity contribution < 1.29 is 18.4 Å². The molecule has 0 amide bonds. The molecule has 2 aromatic heterocycles. The molecule has 7 nitrogen and oxygen atoms in total. The van der Waals surface area contributed by atoms with Gasteiger partial charge in [0.2, 0.25) is 0 Å². The summed E-state index contributed by atoms with van der Waals surface area (Å²) in [6.07, 6.45) is 0. The Morgan fingerprint density at radius 3 is 2.60 bits per heavy atom. The number of aromatic nitrogens is 1. The molecular formula is C23H20N2O5. The van der Waals surface area contributed by atoms with Gasteiger partial charge in [-0.05, 0) is 43.2 Å². The van der Waals surface area contributed by atoms with Crippen LogP contribution in [0.2, 0.25) is 0 Å². The van der Waals surface area contributed by atoms with Gasteiger partial charge in [-0.1, -0.05) is 17.3 Å². The topological polar surface area (TPSA) is 77.9 Å². The van der Waals surface area contributed by atoms with Crippen LogP contribution in [-0.2, 0) is 6.54 Å². The number of methoxy groups -OCH3 is 1. The number of hydrogen-bond donors (Lipinski definition) is 0. The molecule has 7 heteroatoms. The van der Waals surface area contributed by atoms with E-state index in [1.807, 2.05) is 55.1 Å². The van der Waals surface area contributed by atoms with E-state index < -0.39 is 5.63 Å². The zero-order valence-corrected chi connectivity index (χ0v) is 16.9. The summed E-state index contributed by atoms with van der Waals surface area (Å²) >= 11 is 0. The van der Waals surface area contributed by atoms with Crippen molar-refractivity contribution in [3.05, 3.63) is 69.8 Å². The lowest BCUT2D eigenvalue weighted by molar-refractivity contribution is 0.283. The van der Waals surface area contributed by atoms with Gasteiger partial charge in [0.15, 0.2) is 12.5 Å². The van der Waals surface area contributed by atoms with Gasteiger partial charge in [0.25, 0.3) is 0 Å². The molecule has 4 aromatic rings. The van der Waals surface area contributed by atoms with Crippen LogP contribution in [0.15, 0.2) is 56.2 Å². The van der Waals surface area contributed by atoms with E-state index in [9.17, 15) is 4.79 Å². The highest BCUT2D eigenvalue weighted by Crippen LogP contribution is 2.39. The molecule has 0 saturated heterocycles. The summed E-state index contributed by atoms with van der Waals surface area (Å²) < 4.78 is 22.1. The number of anilines is 1. The van der Waals surface area contributed by atoms with Crippen LogP contribution >= 0.6 is 0 Å². The normalized spacial score (nSPS) is 13.2. The molecule has 30 heavy (non-hydrogen) atoms. The first-order valence-corrected chi connectivity index (χ1v) is 9.59. The Balaban J connectivity index is 1.66. The first-order chi connectivity index (χ1) is 14.5. The number of ether oxygens (including phenoxy) is 2. The van der Waals surface area contributed by atoms with Gasteiger partial charge in [-0.25, -0.2) is 4.79 Å². The highest BCUT2D eigenvalue weighted by Gasteiger charge is 2.25. The maximum Gasteiger partial charge on any atom is 0.336 e. The van der Waals surface area contributed by atoms with Crippen LogP contribution in [-0.4, -0.2) is 19.0 Å². The summed E-state index contributed by atoms with van der Waals surface area (Å²) in [5.74, 6) is 2.97. The van der Waals surface area contributed by atoms with Crippen molar-refractivity contribution in [2.45, 2.75) is 20.4 Å². The fourth-order valence-corrected chi connectivity index (χ4v) is 3.88. The molecule has 0 bridgehead atoms. The van der Waals surface area contributed by atoms with Gasteiger partial charge in [0.05, 0.1) is 13.7 Å². The summed E-state index contributed by atoms with van der Waals surface area (Å²) in [5.41, 5.74) is 3.67. The zero-order valence-electron chi connectivity index (χ0n) is 16.9. The van der Waals surface area contributed by atoms with E-state index in [0.717, 1.165) is 50.7 Å². The smallest absolute Gasteiger partial charge is 0.336 e. The van der Waals surface area contributed by atoms with Crippen LogP contribution in [0.1, 0.15) is 16.9 Å². The van der Waals surface area contributed by atoms with Gasteiger partial charge in [0, 0.05) is 28.6 Å². The van der Waals surface area contributed by atoms with Gasteiger partial charge in [0.1, 0.15) is 22.8 Å². The van der Waals surface area contributed by atoms with Crippen molar-refractivity contribution in [1.29, 1.82) is 0 Å². The first kappa shape index (κ1) is 18.3. The van der Waals surface area contributed by atoms with E-state index in [4.69, 9.17) is 18.4 Å². The average molecular weight is 404 g/mol. The largest absolute Gasteiger partial charge is 0.497 e. The van der Waals surface area contributed by atoms with Crippen LogP contribution in [0.25, 0.3) is 22.1 Å². The molecule has 1 aliphatic heterocycles. The summed E-state index contributed by atoms with van der Waals surface area (Å²) in [6.45, 7) is 4.72. The number of aryl methyl sites for hydroxylation is 2. The van der Waals surface area contributed by atoms with Crippen molar-refractivity contribution in [2.75, 3.05) is 18.7 Å². The molecule has 0 unspecified atom stereocenters. The van der Waals surface area contributed by atoms with Gasteiger partial charge in [-0.2, -0.15) is 0 Å². The quantitative estimate of drug-likeness (QED) is 0.468. The van der Waals surface area contributed by atoms with Crippen molar-refractivity contribution in [1.82, 2.24) is 5.16 Å². The van der Waals surface area contributed by atoms with Crippen molar-refractivity contribution >= 4 is 16.8 Å². The maximum atomic E-state index is 12.3. The Bertz CT molecular complexity index is 1300. The SMILES string of the molecule is COc1ccc(-c2cc(=O)oc3c(C)c4c(cc23)CN(c2cc(C)on2)CO4)cc1. The minimum atomic E-state index is -0.396.